The fourth-order valence-electron chi connectivity index (χ4n) is 2.85. The van der Waals surface area contributed by atoms with Crippen molar-refractivity contribution in [2.24, 2.45) is 0 Å². The molecule has 23 heavy (non-hydrogen) atoms. The van der Waals surface area contributed by atoms with Crippen LogP contribution in [0.5, 0.6) is 0 Å². The third-order valence-corrected chi connectivity index (χ3v) is 4.33. The molecule has 128 valence electrons. The van der Waals surface area contributed by atoms with Crippen LogP contribution in [-0.4, -0.2) is 56.3 Å². The van der Waals surface area contributed by atoms with Crippen LogP contribution in [0.3, 0.4) is 0 Å². The molecule has 2 atom stereocenters. The maximum absolute atomic E-state index is 12.5. The average molecular weight is 361 g/mol. The molecule has 2 fully saturated rings. The van der Waals surface area contributed by atoms with Gasteiger partial charge in [-0.1, -0.05) is 23.7 Å². The highest BCUT2D eigenvalue weighted by molar-refractivity contribution is 6.30. The first-order chi connectivity index (χ1) is 10.7. The summed E-state index contributed by atoms with van der Waals surface area (Å²) in [5, 5.41) is 4.02. The number of morpholine rings is 2. The fourth-order valence-corrected chi connectivity index (χ4v) is 2.97. The Hall–Kier alpha value is -0.850. The third-order valence-electron chi connectivity index (χ3n) is 4.08. The lowest BCUT2D eigenvalue weighted by molar-refractivity contribution is -0.140. The largest absolute Gasteiger partial charge is 0.378 e. The summed E-state index contributed by atoms with van der Waals surface area (Å²) in [5.41, 5.74) is 1.06. The predicted octanol–water partition coefficient (Wildman–Crippen LogP) is 2.04. The molecule has 2 unspecified atom stereocenters. The van der Waals surface area contributed by atoms with E-state index in [0.29, 0.717) is 37.7 Å². The van der Waals surface area contributed by atoms with Crippen LogP contribution < -0.4 is 5.32 Å². The van der Waals surface area contributed by atoms with Gasteiger partial charge in [-0.15, -0.1) is 12.4 Å². The number of nitrogens with zero attached hydrogens (tertiary/aromatic N) is 1. The normalized spacial score (nSPS) is 24.8. The summed E-state index contributed by atoms with van der Waals surface area (Å²) in [6, 6.07) is 7.74. The number of ether oxygens (including phenoxy) is 2. The van der Waals surface area contributed by atoms with Crippen molar-refractivity contribution in [1.82, 2.24) is 10.2 Å². The highest BCUT2D eigenvalue weighted by Crippen LogP contribution is 2.24. The molecule has 0 saturated carbocycles. The maximum atomic E-state index is 12.5. The van der Waals surface area contributed by atoms with E-state index in [1.807, 2.05) is 29.2 Å². The molecule has 2 aliphatic rings. The van der Waals surface area contributed by atoms with Gasteiger partial charge in [-0.2, -0.15) is 0 Å². The van der Waals surface area contributed by atoms with Crippen LogP contribution in [0.2, 0.25) is 5.02 Å². The van der Waals surface area contributed by atoms with Crippen molar-refractivity contribution < 1.29 is 14.3 Å². The lowest BCUT2D eigenvalue weighted by Crippen LogP contribution is -2.48. The molecule has 2 aliphatic heterocycles. The monoisotopic (exact) mass is 360 g/mol. The Labute approximate surface area is 147 Å². The van der Waals surface area contributed by atoms with Crippen molar-refractivity contribution in [2.45, 2.75) is 18.6 Å². The molecule has 5 nitrogen and oxygen atoms in total. The number of rotatable bonds is 3. The minimum Gasteiger partial charge on any atom is -0.378 e. The van der Waals surface area contributed by atoms with Gasteiger partial charge < -0.3 is 19.7 Å². The SMILES string of the molecule is Cl.O=C(CC1COCCN1)N1CCOC(c2ccc(Cl)cc2)C1. The van der Waals surface area contributed by atoms with Gasteiger partial charge in [0.25, 0.3) is 0 Å². The number of carbonyl (C=O) groups is 1. The molecule has 0 bridgehead atoms. The van der Waals surface area contributed by atoms with E-state index >= 15 is 0 Å². The molecule has 0 aliphatic carbocycles. The molecular formula is C16H22Cl2N2O3. The number of carbonyl (C=O) groups excluding carboxylic acids is 1. The van der Waals surface area contributed by atoms with E-state index in [2.05, 4.69) is 5.32 Å². The summed E-state index contributed by atoms with van der Waals surface area (Å²) in [5.74, 6) is 0.158. The van der Waals surface area contributed by atoms with Crippen molar-refractivity contribution in [1.29, 1.82) is 0 Å². The highest BCUT2D eigenvalue weighted by Gasteiger charge is 2.27. The third kappa shape index (κ3) is 5.06. The molecule has 2 heterocycles. The van der Waals surface area contributed by atoms with Crippen molar-refractivity contribution in [3.8, 4) is 0 Å². The molecule has 1 aromatic rings. The highest BCUT2D eigenvalue weighted by atomic mass is 35.5. The Morgan fingerprint density at radius 1 is 1.30 bits per heavy atom. The van der Waals surface area contributed by atoms with Gasteiger partial charge >= 0.3 is 0 Å². The van der Waals surface area contributed by atoms with E-state index in [-0.39, 0.29) is 30.5 Å². The molecule has 2 saturated heterocycles. The summed E-state index contributed by atoms with van der Waals surface area (Å²) in [6.45, 7) is 3.95. The van der Waals surface area contributed by atoms with Gasteiger partial charge in [0, 0.05) is 30.6 Å². The second-order valence-corrected chi connectivity index (χ2v) is 6.12. The van der Waals surface area contributed by atoms with Crippen molar-refractivity contribution in [3.05, 3.63) is 34.9 Å². The summed E-state index contributed by atoms with van der Waals surface area (Å²) in [7, 11) is 0. The van der Waals surface area contributed by atoms with E-state index in [1.54, 1.807) is 0 Å². The van der Waals surface area contributed by atoms with Crippen LogP contribution in [-0.2, 0) is 14.3 Å². The zero-order chi connectivity index (χ0) is 15.4. The topological polar surface area (TPSA) is 50.8 Å². The van der Waals surface area contributed by atoms with Gasteiger partial charge in [-0.3, -0.25) is 4.79 Å². The first kappa shape index (κ1) is 18.5. The molecular weight excluding hydrogens is 339 g/mol. The van der Waals surface area contributed by atoms with E-state index < -0.39 is 0 Å². The molecule has 0 radical (unpaired) electrons. The van der Waals surface area contributed by atoms with Crippen molar-refractivity contribution in [2.75, 3.05) is 39.5 Å². The second-order valence-electron chi connectivity index (χ2n) is 5.68. The summed E-state index contributed by atoms with van der Waals surface area (Å²) < 4.78 is 11.2. The maximum Gasteiger partial charge on any atom is 0.224 e. The Morgan fingerprint density at radius 3 is 2.78 bits per heavy atom. The number of halogens is 2. The first-order valence-electron chi connectivity index (χ1n) is 7.68. The van der Waals surface area contributed by atoms with E-state index in [9.17, 15) is 4.79 Å². The molecule has 0 spiro atoms. The molecule has 7 heteroatoms. The Balaban J connectivity index is 0.00000192. The zero-order valence-electron chi connectivity index (χ0n) is 12.9. The van der Waals surface area contributed by atoms with E-state index in [0.717, 1.165) is 18.7 Å². The quantitative estimate of drug-likeness (QED) is 0.895. The van der Waals surface area contributed by atoms with Crippen molar-refractivity contribution >= 4 is 29.9 Å². The Morgan fingerprint density at radius 2 is 2.09 bits per heavy atom. The molecule has 3 rings (SSSR count). The number of amides is 1. The second kappa shape index (κ2) is 8.85. The first-order valence-corrected chi connectivity index (χ1v) is 8.06. The molecule has 1 amide bonds. The van der Waals surface area contributed by atoms with Crippen LogP contribution >= 0.6 is 24.0 Å². The molecule has 1 aromatic carbocycles. The predicted molar refractivity (Wildman–Crippen MR) is 91.2 cm³/mol. The smallest absolute Gasteiger partial charge is 0.224 e. The van der Waals surface area contributed by atoms with Gasteiger partial charge in [0.1, 0.15) is 6.10 Å². The Bertz CT molecular complexity index is 507. The van der Waals surface area contributed by atoms with Crippen LogP contribution in [0, 0.1) is 0 Å². The fraction of sp³-hybridized carbons (Fsp3) is 0.562. The van der Waals surface area contributed by atoms with Crippen LogP contribution in [0.4, 0.5) is 0 Å². The number of nitrogens with one attached hydrogen (secondary N) is 1. The minimum absolute atomic E-state index is 0. The lowest BCUT2D eigenvalue weighted by Gasteiger charge is -2.34. The van der Waals surface area contributed by atoms with Crippen LogP contribution in [0.25, 0.3) is 0 Å². The van der Waals surface area contributed by atoms with Crippen LogP contribution in [0.1, 0.15) is 18.1 Å². The number of hydrogen-bond acceptors (Lipinski definition) is 4. The van der Waals surface area contributed by atoms with Gasteiger partial charge in [-0.25, -0.2) is 0 Å². The number of hydrogen-bond donors (Lipinski definition) is 1. The molecule has 0 aromatic heterocycles. The van der Waals surface area contributed by atoms with Gasteiger partial charge in [0.05, 0.1) is 26.4 Å². The summed E-state index contributed by atoms with van der Waals surface area (Å²) in [6.07, 6.45) is 0.401. The molecule has 1 N–H and O–H groups in total. The summed E-state index contributed by atoms with van der Waals surface area (Å²) >= 11 is 5.91. The van der Waals surface area contributed by atoms with E-state index in [1.165, 1.54) is 0 Å². The summed E-state index contributed by atoms with van der Waals surface area (Å²) in [4.78, 5) is 14.3. The van der Waals surface area contributed by atoms with Crippen LogP contribution in [0.15, 0.2) is 24.3 Å². The Kier molecular flexibility index (Phi) is 7.11. The van der Waals surface area contributed by atoms with Gasteiger partial charge in [0.2, 0.25) is 5.91 Å². The van der Waals surface area contributed by atoms with Gasteiger partial charge in [0.15, 0.2) is 0 Å². The number of benzene rings is 1. The van der Waals surface area contributed by atoms with Gasteiger partial charge in [-0.05, 0) is 17.7 Å². The average Bonchev–Trinajstić information content (AvgIpc) is 2.56. The van der Waals surface area contributed by atoms with E-state index in [4.69, 9.17) is 21.1 Å². The lowest BCUT2D eigenvalue weighted by atomic mass is 10.1. The van der Waals surface area contributed by atoms with Crippen molar-refractivity contribution in [3.63, 3.8) is 0 Å². The minimum atomic E-state index is -0.0782. The standard InChI is InChI=1S/C16H21ClN2O3.ClH/c17-13-3-1-12(2-4-13)15-10-19(6-8-22-15)16(20)9-14-11-21-7-5-18-14;/h1-4,14-15,18H,5-11H2;1H. The zero-order valence-corrected chi connectivity index (χ0v) is 14.4.